The molecule has 0 bridgehead atoms. The molecule has 1 aromatic carbocycles. The van der Waals surface area contributed by atoms with Crippen LogP contribution in [0.25, 0.3) is 0 Å². The molecule has 1 aliphatic rings. The van der Waals surface area contributed by atoms with Gasteiger partial charge < -0.3 is 4.74 Å². The van der Waals surface area contributed by atoms with Crippen LogP contribution in [0.4, 0.5) is 0 Å². The summed E-state index contributed by atoms with van der Waals surface area (Å²) in [6.45, 7) is 1.37. The molecule has 126 valence electrons. The smallest absolute Gasteiger partial charge is 0.327 e. The van der Waals surface area contributed by atoms with E-state index >= 15 is 0 Å². The molecule has 0 spiro atoms. The highest BCUT2D eigenvalue weighted by Crippen LogP contribution is 2.31. The van der Waals surface area contributed by atoms with Gasteiger partial charge in [-0.3, -0.25) is 9.59 Å². The molecule has 0 heterocycles. The highest BCUT2D eigenvalue weighted by atomic mass is 32.2. The molecule has 0 aromatic heterocycles. The second kappa shape index (κ2) is 6.80. The van der Waals surface area contributed by atoms with Gasteiger partial charge >= 0.3 is 5.97 Å². The van der Waals surface area contributed by atoms with E-state index in [4.69, 9.17) is 4.74 Å². The number of methoxy groups -OCH3 is 1. The largest absolute Gasteiger partial charge is 0.468 e. The van der Waals surface area contributed by atoms with Gasteiger partial charge in [0.05, 0.1) is 12.0 Å². The molecule has 7 heteroatoms. The number of sulfonamides is 1. The lowest BCUT2D eigenvalue weighted by Gasteiger charge is -2.34. The van der Waals surface area contributed by atoms with Crippen LogP contribution in [0, 0.1) is 0 Å². The number of rotatable bonds is 5. The van der Waals surface area contributed by atoms with E-state index in [-0.39, 0.29) is 10.7 Å². The second-order valence-corrected chi connectivity index (χ2v) is 7.51. The number of ether oxygens (including phenoxy) is 1. The van der Waals surface area contributed by atoms with E-state index in [0.717, 1.165) is 19.3 Å². The number of nitrogens with one attached hydrogen (secondary N) is 1. The van der Waals surface area contributed by atoms with Gasteiger partial charge in [0.2, 0.25) is 10.0 Å². The minimum Gasteiger partial charge on any atom is -0.468 e. The van der Waals surface area contributed by atoms with Gasteiger partial charge in [0, 0.05) is 5.56 Å². The molecule has 0 saturated heterocycles. The number of benzene rings is 1. The van der Waals surface area contributed by atoms with Gasteiger partial charge in [0.1, 0.15) is 5.54 Å². The molecule has 6 nitrogen and oxygen atoms in total. The maximum atomic E-state index is 12.7. The number of hydrogen-bond donors (Lipinski definition) is 1. The normalized spacial score (nSPS) is 17.5. The van der Waals surface area contributed by atoms with Crippen LogP contribution < -0.4 is 4.72 Å². The predicted molar refractivity (Wildman–Crippen MR) is 84.6 cm³/mol. The van der Waals surface area contributed by atoms with Gasteiger partial charge in [-0.2, -0.15) is 4.72 Å². The lowest BCUT2D eigenvalue weighted by Crippen LogP contribution is -2.55. The van der Waals surface area contributed by atoms with Crippen LogP contribution in [0.5, 0.6) is 0 Å². The molecule has 1 saturated carbocycles. The van der Waals surface area contributed by atoms with Crippen molar-refractivity contribution in [3.63, 3.8) is 0 Å². The monoisotopic (exact) mass is 339 g/mol. The molecule has 0 radical (unpaired) electrons. The van der Waals surface area contributed by atoms with E-state index in [0.29, 0.717) is 18.4 Å². The van der Waals surface area contributed by atoms with Gasteiger partial charge in [-0.05, 0) is 31.9 Å². The van der Waals surface area contributed by atoms with Crippen molar-refractivity contribution in [1.29, 1.82) is 0 Å². The molecular formula is C16H21NO5S. The Morgan fingerprint density at radius 1 is 1.17 bits per heavy atom. The average molecular weight is 339 g/mol. The number of carbonyl (C=O) groups is 2. The Morgan fingerprint density at radius 3 is 2.39 bits per heavy atom. The maximum Gasteiger partial charge on any atom is 0.327 e. The lowest BCUT2D eigenvalue weighted by atomic mass is 9.83. The van der Waals surface area contributed by atoms with Crippen LogP contribution in [0.2, 0.25) is 0 Å². The van der Waals surface area contributed by atoms with E-state index in [1.165, 1.54) is 32.2 Å². The molecule has 2 rings (SSSR count). The molecule has 1 aliphatic carbocycles. The second-order valence-electron chi connectivity index (χ2n) is 5.82. The Hall–Kier alpha value is -1.73. The first kappa shape index (κ1) is 17.6. The van der Waals surface area contributed by atoms with Crippen molar-refractivity contribution >= 4 is 21.8 Å². The molecule has 1 fully saturated rings. The zero-order valence-electron chi connectivity index (χ0n) is 13.3. The zero-order chi connectivity index (χ0) is 17.1. The summed E-state index contributed by atoms with van der Waals surface area (Å²) < 4.78 is 32.7. The van der Waals surface area contributed by atoms with E-state index in [1.807, 2.05) is 0 Å². The Kier molecular flexibility index (Phi) is 5.21. The summed E-state index contributed by atoms with van der Waals surface area (Å²) in [7, 11) is -2.68. The van der Waals surface area contributed by atoms with E-state index in [2.05, 4.69) is 4.72 Å². The van der Waals surface area contributed by atoms with Gasteiger partial charge in [-0.1, -0.05) is 31.4 Å². The highest BCUT2D eigenvalue weighted by Gasteiger charge is 2.44. The number of esters is 1. The first-order chi connectivity index (χ1) is 10.8. The molecule has 1 aromatic rings. The Bertz CT molecular complexity index is 705. The summed E-state index contributed by atoms with van der Waals surface area (Å²) >= 11 is 0. The topological polar surface area (TPSA) is 89.5 Å². The minimum absolute atomic E-state index is 0.0287. The van der Waals surface area contributed by atoms with Gasteiger partial charge in [-0.25, -0.2) is 8.42 Å². The lowest BCUT2D eigenvalue weighted by molar-refractivity contribution is -0.149. The Labute approximate surface area is 136 Å². The zero-order valence-corrected chi connectivity index (χ0v) is 14.1. The molecule has 0 atom stereocenters. The Balaban J connectivity index is 2.36. The van der Waals surface area contributed by atoms with Crippen molar-refractivity contribution in [2.45, 2.75) is 49.5 Å². The highest BCUT2D eigenvalue weighted by molar-refractivity contribution is 7.89. The number of hydrogen-bond acceptors (Lipinski definition) is 5. The number of Topliss-reactive ketones (excluding diaryl/α,β-unsaturated/α-hetero) is 1. The van der Waals surface area contributed by atoms with Crippen LogP contribution in [0.15, 0.2) is 29.2 Å². The molecular weight excluding hydrogens is 318 g/mol. The summed E-state index contributed by atoms with van der Waals surface area (Å²) in [6, 6.07) is 5.79. The maximum absolute atomic E-state index is 12.7. The number of carbonyl (C=O) groups excluding carboxylic acids is 2. The third-order valence-corrected chi connectivity index (χ3v) is 5.70. The molecule has 23 heavy (non-hydrogen) atoms. The fourth-order valence-electron chi connectivity index (χ4n) is 2.90. The molecule has 0 amide bonds. The summed E-state index contributed by atoms with van der Waals surface area (Å²) in [5.74, 6) is -0.786. The van der Waals surface area contributed by atoms with Crippen molar-refractivity contribution < 1.29 is 22.7 Å². The van der Waals surface area contributed by atoms with Gasteiger partial charge in [0.15, 0.2) is 5.78 Å². The standard InChI is InChI=1S/C16H21NO5S/c1-12(18)13-7-6-8-14(11-13)23(20,21)17-16(15(19)22-2)9-4-3-5-10-16/h6-8,11,17H,3-5,9-10H2,1-2H3. The van der Waals surface area contributed by atoms with Crippen LogP contribution in [0.3, 0.4) is 0 Å². The van der Waals surface area contributed by atoms with Crippen molar-refractivity contribution in [3.05, 3.63) is 29.8 Å². The first-order valence-corrected chi connectivity index (χ1v) is 9.02. The van der Waals surface area contributed by atoms with Gasteiger partial charge in [0.25, 0.3) is 0 Å². The van der Waals surface area contributed by atoms with E-state index in [1.54, 1.807) is 6.07 Å². The summed E-state index contributed by atoms with van der Waals surface area (Å²) in [5.41, 5.74) is -0.915. The summed E-state index contributed by atoms with van der Waals surface area (Å²) in [5, 5.41) is 0. The van der Waals surface area contributed by atoms with Crippen LogP contribution >= 0.6 is 0 Å². The third kappa shape index (κ3) is 3.79. The first-order valence-electron chi connectivity index (χ1n) is 7.54. The van der Waals surface area contributed by atoms with Crippen molar-refractivity contribution in [1.82, 2.24) is 4.72 Å². The average Bonchev–Trinajstić information content (AvgIpc) is 2.54. The quantitative estimate of drug-likeness (QED) is 0.655. The third-order valence-electron chi connectivity index (χ3n) is 4.16. The fourth-order valence-corrected chi connectivity index (χ4v) is 4.36. The molecule has 0 aliphatic heterocycles. The number of ketones is 1. The van der Waals surface area contributed by atoms with Crippen LogP contribution in [0.1, 0.15) is 49.4 Å². The fraction of sp³-hybridized carbons (Fsp3) is 0.500. The molecule has 1 N–H and O–H groups in total. The van der Waals surface area contributed by atoms with Crippen LogP contribution in [-0.4, -0.2) is 32.8 Å². The minimum atomic E-state index is -3.93. The van der Waals surface area contributed by atoms with Crippen LogP contribution in [-0.2, 0) is 19.6 Å². The van der Waals surface area contributed by atoms with E-state index in [9.17, 15) is 18.0 Å². The molecule has 0 unspecified atom stereocenters. The predicted octanol–water partition coefficient (Wildman–Crippen LogP) is 2.04. The summed E-state index contributed by atoms with van der Waals surface area (Å²) in [6.07, 6.45) is 3.28. The Morgan fingerprint density at radius 2 is 1.83 bits per heavy atom. The summed E-state index contributed by atoms with van der Waals surface area (Å²) in [4.78, 5) is 23.6. The van der Waals surface area contributed by atoms with Crippen molar-refractivity contribution in [2.75, 3.05) is 7.11 Å². The van der Waals surface area contributed by atoms with E-state index < -0.39 is 21.5 Å². The van der Waals surface area contributed by atoms with Gasteiger partial charge in [-0.15, -0.1) is 0 Å². The SMILES string of the molecule is COC(=O)C1(NS(=O)(=O)c2cccc(C(C)=O)c2)CCCCC1. The van der Waals surface area contributed by atoms with Crippen molar-refractivity contribution in [2.24, 2.45) is 0 Å². The van der Waals surface area contributed by atoms with Crippen molar-refractivity contribution in [3.8, 4) is 0 Å².